The molecule has 0 aliphatic rings. The van der Waals surface area contributed by atoms with E-state index in [9.17, 15) is 35.5 Å². The second-order valence-electron chi connectivity index (χ2n) is 4.48. The van der Waals surface area contributed by atoms with E-state index >= 15 is 0 Å². The minimum absolute atomic E-state index is 0.0221. The molecule has 0 radical (unpaired) electrons. The van der Waals surface area contributed by atoms with Gasteiger partial charge in [-0.2, -0.15) is 30.7 Å². The van der Waals surface area contributed by atoms with Crippen molar-refractivity contribution in [2.45, 2.75) is 38.4 Å². The monoisotopic (exact) mass is 321 g/mol. The van der Waals surface area contributed by atoms with Gasteiger partial charge in [-0.3, -0.25) is 0 Å². The van der Waals surface area contributed by atoms with Crippen LogP contribution in [-0.2, 0) is 6.54 Å². The zero-order valence-corrected chi connectivity index (χ0v) is 10.7. The predicted molar refractivity (Wildman–Crippen MR) is 56.8 cm³/mol. The van der Waals surface area contributed by atoms with Crippen LogP contribution in [0.1, 0.15) is 21.6 Å². The van der Waals surface area contributed by atoms with Crippen LogP contribution in [0.3, 0.4) is 0 Å². The molecule has 1 rings (SSSR count). The standard InChI is InChI=1S/C11H10F7NO2/c1-5-3-19(6(2)7(5)8(20)21)4-9(12,13)10(14,15)11(16,17)18/h3H,4H2,1-2H3,(H,20,21). The van der Waals surface area contributed by atoms with Crippen molar-refractivity contribution in [2.24, 2.45) is 0 Å². The Bertz CT molecular complexity index is 560. The van der Waals surface area contributed by atoms with Crippen LogP contribution in [0.2, 0.25) is 0 Å². The highest BCUT2D eigenvalue weighted by atomic mass is 19.4. The van der Waals surface area contributed by atoms with Gasteiger partial charge in [0, 0.05) is 11.9 Å². The summed E-state index contributed by atoms with van der Waals surface area (Å²) in [4.78, 5) is 10.8. The van der Waals surface area contributed by atoms with Gasteiger partial charge in [0.25, 0.3) is 0 Å². The molecule has 10 heteroatoms. The lowest BCUT2D eigenvalue weighted by molar-refractivity contribution is -0.357. The zero-order chi connectivity index (χ0) is 16.8. The van der Waals surface area contributed by atoms with Crippen molar-refractivity contribution in [3.05, 3.63) is 23.0 Å². The van der Waals surface area contributed by atoms with E-state index in [1.807, 2.05) is 0 Å². The summed E-state index contributed by atoms with van der Waals surface area (Å²) in [6, 6.07) is 0. The molecule has 1 aromatic rings. The van der Waals surface area contributed by atoms with Crippen LogP contribution in [0.25, 0.3) is 0 Å². The van der Waals surface area contributed by atoms with E-state index in [2.05, 4.69) is 0 Å². The molecule has 0 spiro atoms. The van der Waals surface area contributed by atoms with Crippen molar-refractivity contribution >= 4 is 5.97 Å². The number of hydrogen-bond donors (Lipinski definition) is 1. The van der Waals surface area contributed by atoms with Gasteiger partial charge in [0.05, 0.1) is 12.1 Å². The lowest BCUT2D eigenvalue weighted by atomic mass is 10.1. The van der Waals surface area contributed by atoms with Crippen LogP contribution >= 0.6 is 0 Å². The van der Waals surface area contributed by atoms with Crippen molar-refractivity contribution in [3.63, 3.8) is 0 Å². The lowest BCUT2D eigenvalue weighted by Gasteiger charge is -2.28. The SMILES string of the molecule is Cc1cn(CC(F)(F)C(F)(F)C(F)(F)F)c(C)c1C(=O)O. The summed E-state index contributed by atoms with van der Waals surface area (Å²) in [5.41, 5.74) is -0.773. The predicted octanol–water partition coefficient (Wildman–Crippen LogP) is 3.64. The van der Waals surface area contributed by atoms with E-state index in [-0.39, 0.29) is 11.3 Å². The maximum Gasteiger partial charge on any atom is 0.459 e. The number of halogens is 7. The summed E-state index contributed by atoms with van der Waals surface area (Å²) in [7, 11) is 0. The van der Waals surface area contributed by atoms with E-state index in [0.717, 1.165) is 13.1 Å². The van der Waals surface area contributed by atoms with Gasteiger partial charge < -0.3 is 9.67 Å². The molecule has 1 aromatic heterocycles. The molecular weight excluding hydrogens is 311 g/mol. The first-order valence-electron chi connectivity index (χ1n) is 5.44. The lowest BCUT2D eigenvalue weighted by Crippen LogP contribution is -2.53. The topological polar surface area (TPSA) is 42.2 Å². The van der Waals surface area contributed by atoms with Crippen LogP contribution < -0.4 is 0 Å². The molecule has 120 valence electrons. The number of rotatable bonds is 4. The maximum atomic E-state index is 13.3. The molecule has 0 aliphatic heterocycles. The van der Waals surface area contributed by atoms with E-state index in [1.54, 1.807) is 0 Å². The average molecular weight is 321 g/mol. The smallest absolute Gasteiger partial charge is 0.459 e. The fourth-order valence-corrected chi connectivity index (χ4v) is 1.83. The maximum absolute atomic E-state index is 13.3. The molecule has 0 aliphatic carbocycles. The highest BCUT2D eigenvalue weighted by Crippen LogP contribution is 2.47. The molecule has 21 heavy (non-hydrogen) atoms. The number of carboxylic acids is 1. The van der Waals surface area contributed by atoms with Gasteiger partial charge in [0.2, 0.25) is 0 Å². The van der Waals surface area contributed by atoms with Gasteiger partial charge in [-0.1, -0.05) is 0 Å². The van der Waals surface area contributed by atoms with Gasteiger partial charge in [-0.05, 0) is 19.4 Å². The summed E-state index contributed by atoms with van der Waals surface area (Å²) in [5, 5.41) is 8.82. The van der Waals surface area contributed by atoms with Crippen LogP contribution in [0.4, 0.5) is 30.7 Å². The van der Waals surface area contributed by atoms with E-state index in [4.69, 9.17) is 5.11 Å². The number of aromatic carboxylic acids is 1. The Kier molecular flexibility index (Phi) is 4.05. The summed E-state index contributed by atoms with van der Waals surface area (Å²) in [6.07, 6.45) is -5.62. The Labute approximate surface area is 114 Å². The van der Waals surface area contributed by atoms with Crippen molar-refractivity contribution in [1.82, 2.24) is 4.57 Å². The largest absolute Gasteiger partial charge is 0.478 e. The highest BCUT2D eigenvalue weighted by molar-refractivity contribution is 5.90. The summed E-state index contributed by atoms with van der Waals surface area (Å²) < 4.78 is 88.5. The van der Waals surface area contributed by atoms with E-state index in [0.29, 0.717) is 4.57 Å². The number of aryl methyl sites for hydroxylation is 1. The minimum atomic E-state index is -6.41. The number of aromatic nitrogens is 1. The third kappa shape index (κ3) is 2.84. The van der Waals surface area contributed by atoms with Crippen molar-refractivity contribution < 1.29 is 40.6 Å². The molecular formula is C11H10F7NO2. The number of carboxylic acid groups (broad SMARTS) is 1. The van der Waals surface area contributed by atoms with Crippen LogP contribution in [-0.4, -0.2) is 33.7 Å². The molecule has 0 bridgehead atoms. The number of hydrogen-bond acceptors (Lipinski definition) is 1. The Morgan fingerprint density at radius 2 is 1.62 bits per heavy atom. The van der Waals surface area contributed by atoms with Gasteiger partial charge in [0.1, 0.15) is 0 Å². The zero-order valence-electron chi connectivity index (χ0n) is 10.7. The van der Waals surface area contributed by atoms with Crippen LogP contribution in [0.5, 0.6) is 0 Å². The van der Waals surface area contributed by atoms with Crippen LogP contribution in [0, 0.1) is 13.8 Å². The molecule has 0 amide bonds. The number of carbonyl (C=O) groups is 1. The molecule has 0 aromatic carbocycles. The van der Waals surface area contributed by atoms with Gasteiger partial charge >= 0.3 is 24.0 Å². The molecule has 3 nitrogen and oxygen atoms in total. The molecule has 0 unspecified atom stereocenters. The second-order valence-corrected chi connectivity index (χ2v) is 4.48. The number of nitrogens with zero attached hydrogens (tertiary/aromatic N) is 1. The fraction of sp³-hybridized carbons (Fsp3) is 0.545. The van der Waals surface area contributed by atoms with Crippen molar-refractivity contribution in [1.29, 1.82) is 0 Å². The molecule has 1 heterocycles. The quantitative estimate of drug-likeness (QED) is 0.861. The second kappa shape index (κ2) is 4.92. The van der Waals surface area contributed by atoms with E-state index < -0.39 is 36.1 Å². The average Bonchev–Trinajstić information content (AvgIpc) is 2.51. The first kappa shape index (κ1) is 17.3. The fourth-order valence-electron chi connectivity index (χ4n) is 1.83. The van der Waals surface area contributed by atoms with E-state index in [1.165, 1.54) is 6.92 Å². The summed E-state index contributed by atoms with van der Waals surface area (Å²) >= 11 is 0. The molecule has 0 atom stereocenters. The Hall–Kier alpha value is -1.74. The van der Waals surface area contributed by atoms with Crippen molar-refractivity contribution in [2.75, 3.05) is 0 Å². The Balaban J connectivity index is 3.23. The Morgan fingerprint density at radius 3 is 1.95 bits per heavy atom. The van der Waals surface area contributed by atoms with Gasteiger partial charge in [-0.25, -0.2) is 4.79 Å². The van der Waals surface area contributed by atoms with Crippen LogP contribution in [0.15, 0.2) is 6.20 Å². The molecule has 0 saturated carbocycles. The first-order valence-corrected chi connectivity index (χ1v) is 5.44. The summed E-state index contributed by atoms with van der Waals surface area (Å²) in [5.74, 6) is -13.1. The third-order valence-electron chi connectivity index (χ3n) is 2.93. The summed E-state index contributed by atoms with van der Waals surface area (Å²) in [6.45, 7) is 0.269. The van der Waals surface area contributed by atoms with Crippen molar-refractivity contribution in [3.8, 4) is 0 Å². The normalized spacial score (nSPS) is 13.6. The van der Waals surface area contributed by atoms with Gasteiger partial charge in [0.15, 0.2) is 0 Å². The molecule has 1 N–H and O–H groups in total. The molecule has 0 saturated heterocycles. The minimum Gasteiger partial charge on any atom is -0.478 e. The Morgan fingerprint density at radius 1 is 1.14 bits per heavy atom. The first-order chi connectivity index (χ1) is 9.22. The molecule has 0 fully saturated rings. The highest BCUT2D eigenvalue weighted by Gasteiger charge is 2.72. The van der Waals surface area contributed by atoms with Gasteiger partial charge in [-0.15, -0.1) is 0 Å². The number of alkyl halides is 7. The third-order valence-corrected chi connectivity index (χ3v) is 2.93.